The molecule has 0 bridgehead atoms. The predicted octanol–water partition coefficient (Wildman–Crippen LogP) is 6.93. The van der Waals surface area contributed by atoms with Crippen molar-refractivity contribution < 1.29 is 23.5 Å². The maximum Gasteiger partial charge on any atom is 0.415 e. The van der Waals surface area contributed by atoms with Crippen LogP contribution in [0.25, 0.3) is 0 Å². The van der Waals surface area contributed by atoms with Crippen LogP contribution < -0.4 is 0 Å². The number of carbonyl (C=O) groups excluding carboxylic acids is 2. The van der Waals surface area contributed by atoms with Gasteiger partial charge in [-0.1, -0.05) is 20.8 Å². The van der Waals surface area contributed by atoms with Crippen molar-refractivity contribution in [1.82, 2.24) is 9.80 Å². The fourth-order valence-corrected chi connectivity index (χ4v) is 5.50. The van der Waals surface area contributed by atoms with Crippen LogP contribution in [0.15, 0.2) is 11.8 Å². The van der Waals surface area contributed by atoms with Crippen LogP contribution in [0.5, 0.6) is 0 Å². The van der Waals surface area contributed by atoms with Gasteiger partial charge < -0.3 is 23.7 Å². The first-order valence-corrected chi connectivity index (χ1v) is 15.7. The second-order valence-electron chi connectivity index (χ2n) is 12.0. The average Bonchev–Trinajstić information content (AvgIpc) is 2.98. The first-order valence-electron chi connectivity index (χ1n) is 12.8. The lowest BCUT2D eigenvalue weighted by molar-refractivity contribution is 0.0566. The third kappa shape index (κ3) is 7.73. The van der Waals surface area contributed by atoms with E-state index in [1.54, 1.807) is 9.80 Å². The molecule has 0 heterocycles. The van der Waals surface area contributed by atoms with E-state index in [-0.39, 0.29) is 41.4 Å². The highest BCUT2D eigenvalue weighted by molar-refractivity contribution is 6.74. The molecule has 0 aromatic rings. The molecule has 2 atom stereocenters. The Balaban J connectivity index is 3.24. The smallest absolute Gasteiger partial charge is 0.415 e. The molecule has 0 aromatic heterocycles. The summed E-state index contributed by atoms with van der Waals surface area (Å²) in [4.78, 5) is 29.3. The summed E-state index contributed by atoms with van der Waals surface area (Å²) in [5.74, 6) is 0. The second-order valence-corrected chi connectivity index (χ2v) is 16.8. The third-order valence-corrected chi connectivity index (χ3v) is 11.3. The van der Waals surface area contributed by atoms with Gasteiger partial charge in [0.1, 0.15) is 12.4 Å². The number of carbonyl (C=O) groups is 2. The number of amides is 2. The molecule has 34 heavy (non-hydrogen) atoms. The molecule has 1 rings (SSSR count). The number of rotatable bonds is 8. The summed E-state index contributed by atoms with van der Waals surface area (Å²) in [5.41, 5.74) is 0.728. The predicted molar refractivity (Wildman–Crippen MR) is 140 cm³/mol. The summed E-state index contributed by atoms with van der Waals surface area (Å²) in [6.45, 7) is 26.7. The molecule has 8 heteroatoms. The van der Waals surface area contributed by atoms with Crippen molar-refractivity contribution >= 4 is 20.5 Å². The summed E-state index contributed by atoms with van der Waals surface area (Å²) < 4.78 is 18.3. The Morgan fingerprint density at radius 1 is 0.824 bits per heavy atom. The zero-order valence-electron chi connectivity index (χ0n) is 23.9. The largest absolute Gasteiger partial charge is 0.441 e. The van der Waals surface area contributed by atoms with E-state index in [9.17, 15) is 9.59 Å². The van der Waals surface area contributed by atoms with E-state index in [1.165, 1.54) is 6.26 Å². The highest BCUT2D eigenvalue weighted by Gasteiger charge is 2.44. The van der Waals surface area contributed by atoms with E-state index in [0.29, 0.717) is 6.42 Å². The van der Waals surface area contributed by atoms with E-state index in [2.05, 4.69) is 33.9 Å². The Bertz CT molecular complexity index is 709. The van der Waals surface area contributed by atoms with E-state index >= 15 is 0 Å². The van der Waals surface area contributed by atoms with Crippen LogP contribution in [0.3, 0.4) is 0 Å². The fraction of sp³-hybridized carbons (Fsp3) is 0.846. The van der Waals surface area contributed by atoms with Crippen molar-refractivity contribution in [1.29, 1.82) is 0 Å². The molecular weight excluding hydrogens is 448 g/mol. The van der Waals surface area contributed by atoms with E-state index < -0.39 is 20.5 Å². The van der Waals surface area contributed by atoms with Crippen LogP contribution >= 0.6 is 0 Å². The third-order valence-electron chi connectivity index (χ3n) is 6.86. The monoisotopic (exact) mass is 498 g/mol. The molecule has 0 unspecified atom stereocenters. The van der Waals surface area contributed by atoms with Crippen molar-refractivity contribution in [3.8, 4) is 0 Å². The van der Waals surface area contributed by atoms with Gasteiger partial charge in [-0.3, -0.25) is 0 Å². The van der Waals surface area contributed by atoms with Crippen molar-refractivity contribution in [2.75, 3.05) is 0 Å². The van der Waals surface area contributed by atoms with E-state index in [1.807, 2.05) is 55.4 Å². The summed E-state index contributed by atoms with van der Waals surface area (Å²) in [6, 6.07) is 0.0502. The molecule has 0 spiro atoms. The molecule has 0 aromatic carbocycles. The van der Waals surface area contributed by atoms with Gasteiger partial charge in [0.15, 0.2) is 8.32 Å². The lowest BCUT2D eigenvalue weighted by atomic mass is 10.2. The Morgan fingerprint density at radius 2 is 1.24 bits per heavy atom. The van der Waals surface area contributed by atoms with Crippen LogP contribution in [0, 0.1) is 0 Å². The Labute approximate surface area is 209 Å². The Morgan fingerprint density at radius 3 is 1.65 bits per heavy atom. The Kier molecular flexibility index (Phi) is 10.7. The van der Waals surface area contributed by atoms with Gasteiger partial charge in [0.25, 0.3) is 0 Å². The van der Waals surface area contributed by atoms with Gasteiger partial charge in [-0.15, -0.1) is 0 Å². The summed E-state index contributed by atoms with van der Waals surface area (Å²) in [6.07, 6.45) is 1.34. The van der Waals surface area contributed by atoms with Gasteiger partial charge in [-0.05, 0) is 86.4 Å². The van der Waals surface area contributed by atoms with Gasteiger partial charge in [0.05, 0.1) is 6.10 Å². The quantitative estimate of drug-likeness (QED) is 0.268. The molecule has 1 fully saturated rings. The number of nitrogens with zero attached hydrogens (tertiary/aromatic N) is 2. The molecule has 0 N–H and O–H groups in total. The number of ether oxygens (including phenoxy) is 2. The van der Waals surface area contributed by atoms with Crippen LogP contribution in [-0.4, -0.2) is 66.7 Å². The second kappa shape index (κ2) is 11.9. The van der Waals surface area contributed by atoms with Crippen LogP contribution in [-0.2, 0) is 13.9 Å². The molecule has 7 nitrogen and oxygen atoms in total. The van der Waals surface area contributed by atoms with E-state index in [0.717, 1.165) is 12.0 Å². The zero-order chi connectivity index (χ0) is 26.6. The first-order chi connectivity index (χ1) is 15.4. The average molecular weight is 499 g/mol. The highest BCUT2D eigenvalue weighted by atomic mass is 28.4. The van der Waals surface area contributed by atoms with Gasteiger partial charge in [-0.25, -0.2) is 9.59 Å². The zero-order valence-corrected chi connectivity index (χ0v) is 24.9. The lowest BCUT2D eigenvalue weighted by Gasteiger charge is -2.39. The van der Waals surface area contributed by atoms with Crippen LogP contribution in [0.2, 0.25) is 18.1 Å². The maximum absolute atomic E-state index is 13.0. The number of hydrogen-bond donors (Lipinski definition) is 0. The minimum atomic E-state index is -2.10. The van der Waals surface area contributed by atoms with Crippen molar-refractivity contribution in [3.63, 3.8) is 0 Å². The molecule has 1 saturated carbocycles. The molecule has 0 radical (unpaired) electrons. The van der Waals surface area contributed by atoms with Gasteiger partial charge in [-0.2, -0.15) is 0 Å². The molecule has 198 valence electrons. The lowest BCUT2D eigenvalue weighted by Crippen LogP contribution is -2.45. The fourth-order valence-electron chi connectivity index (χ4n) is 4.18. The SMILES string of the molecule is CC(C)N(C(=O)O/C=C1/[C@@H](O[Si](C)(C)C(C)(C)C)CC[C@H]1OC(=O)N(C(C)C)C(C)C)C(C)C. The van der Waals surface area contributed by atoms with Gasteiger partial charge in [0.2, 0.25) is 0 Å². The van der Waals surface area contributed by atoms with Crippen LogP contribution in [0.4, 0.5) is 9.59 Å². The topological polar surface area (TPSA) is 68.3 Å². The van der Waals surface area contributed by atoms with Gasteiger partial charge in [0, 0.05) is 29.7 Å². The molecule has 0 aliphatic heterocycles. The minimum absolute atomic E-state index is 0.00743. The van der Waals surface area contributed by atoms with E-state index in [4.69, 9.17) is 13.9 Å². The summed E-state index contributed by atoms with van der Waals surface area (Å²) in [7, 11) is -2.10. The number of hydrogen-bond acceptors (Lipinski definition) is 5. The molecular formula is C26H50N2O5Si. The Hall–Kier alpha value is -1.54. The summed E-state index contributed by atoms with van der Waals surface area (Å²) >= 11 is 0. The maximum atomic E-state index is 13.0. The molecule has 0 saturated heterocycles. The minimum Gasteiger partial charge on any atom is -0.441 e. The van der Waals surface area contributed by atoms with Gasteiger partial charge >= 0.3 is 12.2 Å². The normalized spacial score (nSPS) is 20.6. The highest BCUT2D eigenvalue weighted by Crippen LogP contribution is 2.41. The first kappa shape index (κ1) is 30.5. The molecule has 1 aliphatic carbocycles. The van der Waals surface area contributed by atoms with Crippen LogP contribution in [0.1, 0.15) is 89.0 Å². The van der Waals surface area contributed by atoms with Crippen molar-refractivity contribution in [2.45, 2.75) is 144 Å². The standard InChI is InChI=1S/C26H50N2O5Si/c1-17(2)27(18(3)4)24(29)31-16-21-22(32-25(30)28(19(5)6)20(7)8)14-15-23(21)33-34(12,13)26(9,10)11/h16-20,22-23H,14-15H2,1-13H3/b21-16+/t22-,23+/m1/s1. The van der Waals surface area contributed by atoms with Crippen molar-refractivity contribution in [3.05, 3.63) is 11.8 Å². The molecule has 2 amide bonds. The summed E-state index contributed by atoms with van der Waals surface area (Å²) in [5, 5.41) is 0.0295. The van der Waals surface area contributed by atoms with Crippen molar-refractivity contribution in [2.24, 2.45) is 0 Å². The molecule has 1 aliphatic rings.